The van der Waals surface area contributed by atoms with Crippen molar-refractivity contribution in [2.45, 2.75) is 45.0 Å². The Morgan fingerprint density at radius 3 is 1.83 bits per heavy atom. The summed E-state index contributed by atoms with van der Waals surface area (Å²) < 4.78 is 74.1. The number of hydrogen-bond acceptors (Lipinski definition) is 4. The molecule has 0 aromatic carbocycles. The van der Waals surface area contributed by atoms with Gasteiger partial charge in [0.1, 0.15) is 0 Å². The second-order valence-corrected chi connectivity index (χ2v) is 6.19. The second-order valence-electron chi connectivity index (χ2n) is 6.19. The molecule has 0 aromatic heterocycles. The summed E-state index contributed by atoms with van der Waals surface area (Å²) >= 11 is 0. The van der Waals surface area contributed by atoms with Crippen LogP contribution in [0.3, 0.4) is 0 Å². The summed E-state index contributed by atoms with van der Waals surface area (Å²) in [4.78, 5) is 33.3. The third-order valence-electron chi connectivity index (χ3n) is 3.61. The number of rotatable bonds is 13. The van der Waals surface area contributed by atoms with Gasteiger partial charge in [0, 0.05) is 33.1 Å². The van der Waals surface area contributed by atoms with Gasteiger partial charge in [-0.2, -0.15) is 26.3 Å². The molecule has 0 rings (SSSR count). The van der Waals surface area contributed by atoms with Crippen molar-refractivity contribution >= 4 is 17.7 Å². The standard InChI is InChI=1S/C16H26F6N4O3/c1-12(27)24-8-4-7-23-6-2-3-10-26(14(29)16(20,21)22)11-5-9-25-13(28)15(17,18)19/h23H,2-11H2,1H3,(H,24,27)(H,25,28). The minimum Gasteiger partial charge on any atom is -0.356 e. The van der Waals surface area contributed by atoms with E-state index in [9.17, 15) is 40.7 Å². The zero-order chi connectivity index (χ0) is 22.5. The Kier molecular flexibility index (Phi) is 12.3. The maximum atomic E-state index is 12.6. The van der Waals surface area contributed by atoms with Gasteiger partial charge in [-0.25, -0.2) is 0 Å². The van der Waals surface area contributed by atoms with E-state index in [0.29, 0.717) is 37.4 Å². The van der Waals surface area contributed by atoms with Crippen LogP contribution in [-0.2, 0) is 14.4 Å². The Morgan fingerprint density at radius 1 is 0.724 bits per heavy atom. The first kappa shape index (κ1) is 27.0. The molecule has 29 heavy (non-hydrogen) atoms. The first-order valence-corrected chi connectivity index (χ1v) is 9.02. The van der Waals surface area contributed by atoms with E-state index in [2.05, 4.69) is 10.6 Å². The van der Waals surface area contributed by atoms with Gasteiger partial charge in [0.25, 0.3) is 0 Å². The molecule has 0 saturated carbocycles. The lowest BCUT2D eigenvalue weighted by Crippen LogP contribution is -2.43. The number of hydrogen-bond donors (Lipinski definition) is 3. The fraction of sp³-hybridized carbons (Fsp3) is 0.812. The molecule has 0 saturated heterocycles. The Balaban J connectivity index is 4.18. The maximum Gasteiger partial charge on any atom is 0.471 e. The summed E-state index contributed by atoms with van der Waals surface area (Å²) in [5.74, 6) is -4.39. The molecule has 0 unspecified atom stereocenters. The summed E-state index contributed by atoms with van der Waals surface area (Å²) in [6, 6.07) is 0. The normalized spacial score (nSPS) is 11.8. The lowest BCUT2D eigenvalue weighted by Gasteiger charge is -2.24. The second kappa shape index (κ2) is 13.2. The molecule has 0 bridgehead atoms. The lowest BCUT2D eigenvalue weighted by atomic mass is 10.2. The predicted octanol–water partition coefficient (Wildman–Crippen LogP) is 1.34. The summed E-state index contributed by atoms with van der Waals surface area (Å²) in [6.07, 6.45) is -8.98. The van der Waals surface area contributed by atoms with Crippen LogP contribution in [-0.4, -0.2) is 74.2 Å². The molecule has 0 radical (unpaired) electrons. The minimum atomic E-state index is -5.09. The van der Waals surface area contributed by atoms with Crippen LogP contribution in [0.25, 0.3) is 0 Å². The van der Waals surface area contributed by atoms with Gasteiger partial charge < -0.3 is 20.9 Å². The molecule has 0 spiro atoms. The number of amides is 3. The Bertz CT molecular complexity index is 526. The third kappa shape index (κ3) is 13.7. The molecule has 3 amide bonds. The fourth-order valence-electron chi connectivity index (χ4n) is 2.22. The molecule has 0 aliphatic rings. The highest BCUT2D eigenvalue weighted by Gasteiger charge is 2.42. The average molecular weight is 436 g/mol. The summed E-state index contributed by atoms with van der Waals surface area (Å²) in [6.45, 7) is 1.85. The van der Waals surface area contributed by atoms with E-state index in [1.54, 1.807) is 5.32 Å². The molecule has 3 N–H and O–H groups in total. The van der Waals surface area contributed by atoms with Gasteiger partial charge in [0.15, 0.2) is 0 Å². The van der Waals surface area contributed by atoms with Crippen LogP contribution in [0.4, 0.5) is 26.3 Å². The molecule has 170 valence electrons. The van der Waals surface area contributed by atoms with E-state index < -0.39 is 37.3 Å². The molecular weight excluding hydrogens is 410 g/mol. The van der Waals surface area contributed by atoms with E-state index in [-0.39, 0.29) is 25.3 Å². The van der Waals surface area contributed by atoms with E-state index in [4.69, 9.17) is 0 Å². The fourth-order valence-corrected chi connectivity index (χ4v) is 2.22. The third-order valence-corrected chi connectivity index (χ3v) is 3.61. The maximum absolute atomic E-state index is 12.6. The summed E-state index contributed by atoms with van der Waals surface area (Å²) in [7, 11) is 0. The molecule has 0 aliphatic heterocycles. The molecule has 0 aromatic rings. The van der Waals surface area contributed by atoms with Crippen LogP contribution in [0.5, 0.6) is 0 Å². The van der Waals surface area contributed by atoms with Crippen molar-refractivity contribution in [2.75, 3.05) is 39.3 Å². The van der Waals surface area contributed by atoms with Gasteiger partial charge in [0.2, 0.25) is 5.91 Å². The monoisotopic (exact) mass is 436 g/mol. The molecule has 7 nitrogen and oxygen atoms in total. The molecular formula is C16H26F6N4O3. The number of nitrogens with one attached hydrogen (secondary N) is 3. The molecule has 0 atom stereocenters. The zero-order valence-electron chi connectivity index (χ0n) is 16.0. The van der Waals surface area contributed by atoms with Gasteiger partial charge >= 0.3 is 24.2 Å². The number of nitrogens with zero attached hydrogens (tertiary/aromatic N) is 1. The van der Waals surface area contributed by atoms with Gasteiger partial charge in [0.05, 0.1) is 0 Å². The lowest BCUT2D eigenvalue weighted by molar-refractivity contribution is -0.185. The number of unbranched alkanes of at least 4 members (excludes halogenated alkanes) is 1. The van der Waals surface area contributed by atoms with Crippen LogP contribution >= 0.6 is 0 Å². The van der Waals surface area contributed by atoms with Crippen molar-refractivity contribution in [3.63, 3.8) is 0 Å². The average Bonchev–Trinajstić information content (AvgIpc) is 2.59. The van der Waals surface area contributed by atoms with Crippen molar-refractivity contribution in [2.24, 2.45) is 0 Å². The largest absolute Gasteiger partial charge is 0.471 e. The van der Waals surface area contributed by atoms with Crippen LogP contribution in [0.1, 0.15) is 32.6 Å². The van der Waals surface area contributed by atoms with Crippen molar-refractivity contribution in [1.29, 1.82) is 0 Å². The van der Waals surface area contributed by atoms with Crippen molar-refractivity contribution < 1.29 is 40.7 Å². The van der Waals surface area contributed by atoms with Crippen molar-refractivity contribution in [3.8, 4) is 0 Å². The Hall–Kier alpha value is -2.05. The predicted molar refractivity (Wildman–Crippen MR) is 91.7 cm³/mol. The SMILES string of the molecule is CC(=O)NCCCNCCCCN(CCCNC(=O)C(F)(F)F)C(=O)C(F)(F)F. The van der Waals surface area contributed by atoms with Gasteiger partial charge in [-0.15, -0.1) is 0 Å². The minimum absolute atomic E-state index is 0.141. The highest BCUT2D eigenvalue weighted by Crippen LogP contribution is 2.19. The van der Waals surface area contributed by atoms with Crippen LogP contribution in [0.2, 0.25) is 0 Å². The topological polar surface area (TPSA) is 90.5 Å². The highest BCUT2D eigenvalue weighted by atomic mass is 19.4. The van der Waals surface area contributed by atoms with Crippen molar-refractivity contribution in [3.05, 3.63) is 0 Å². The number of carbonyl (C=O) groups is 3. The van der Waals surface area contributed by atoms with Crippen LogP contribution < -0.4 is 16.0 Å². The van der Waals surface area contributed by atoms with E-state index in [0.717, 1.165) is 0 Å². The number of alkyl halides is 6. The van der Waals surface area contributed by atoms with Crippen LogP contribution in [0, 0.1) is 0 Å². The highest BCUT2D eigenvalue weighted by molar-refractivity contribution is 5.82. The summed E-state index contributed by atoms with van der Waals surface area (Å²) in [5.41, 5.74) is 0. The smallest absolute Gasteiger partial charge is 0.356 e. The first-order valence-electron chi connectivity index (χ1n) is 9.02. The number of halogens is 6. The quantitative estimate of drug-likeness (QED) is 0.300. The Labute approximate surface area is 164 Å². The van der Waals surface area contributed by atoms with E-state index in [1.165, 1.54) is 6.92 Å². The Morgan fingerprint density at radius 2 is 1.28 bits per heavy atom. The van der Waals surface area contributed by atoms with Gasteiger partial charge in [-0.1, -0.05) is 0 Å². The zero-order valence-corrected chi connectivity index (χ0v) is 16.0. The van der Waals surface area contributed by atoms with E-state index in [1.807, 2.05) is 0 Å². The molecule has 0 heterocycles. The van der Waals surface area contributed by atoms with E-state index >= 15 is 0 Å². The molecule has 0 aliphatic carbocycles. The number of carbonyl (C=O) groups excluding carboxylic acids is 3. The first-order chi connectivity index (χ1) is 13.4. The summed E-state index contributed by atoms with van der Waals surface area (Å²) in [5, 5.41) is 7.19. The molecule has 0 fully saturated rings. The molecule has 13 heteroatoms. The van der Waals surface area contributed by atoms with Crippen LogP contribution in [0.15, 0.2) is 0 Å². The van der Waals surface area contributed by atoms with Crippen molar-refractivity contribution in [1.82, 2.24) is 20.9 Å². The van der Waals surface area contributed by atoms with Gasteiger partial charge in [-0.05, 0) is 38.8 Å². The van der Waals surface area contributed by atoms with Gasteiger partial charge in [-0.3, -0.25) is 14.4 Å².